The molecule has 0 aliphatic heterocycles. The van der Waals surface area contributed by atoms with Crippen molar-refractivity contribution in [3.05, 3.63) is 66.5 Å². The summed E-state index contributed by atoms with van der Waals surface area (Å²) in [5.74, 6) is 0.454. The van der Waals surface area contributed by atoms with Crippen LogP contribution in [-0.4, -0.2) is 62.5 Å². The summed E-state index contributed by atoms with van der Waals surface area (Å²) in [6.07, 6.45) is 0.422. The molecule has 4 aromatic rings. The molecule has 2 aromatic carbocycles. The number of aromatic nitrogens is 3. The van der Waals surface area contributed by atoms with E-state index in [-0.39, 0.29) is 13.2 Å². The molecule has 0 unspecified atom stereocenters. The second-order valence-corrected chi connectivity index (χ2v) is 12.0. The van der Waals surface area contributed by atoms with Gasteiger partial charge in [-0.3, -0.25) is 4.98 Å². The highest BCUT2D eigenvalue weighted by Gasteiger charge is 2.23. The Hall–Kier alpha value is -4.44. The van der Waals surface area contributed by atoms with Gasteiger partial charge in [-0.25, -0.2) is 9.59 Å². The van der Waals surface area contributed by atoms with Gasteiger partial charge < -0.3 is 24.6 Å². The average Bonchev–Trinajstić information content (AvgIpc) is 3.25. The van der Waals surface area contributed by atoms with Crippen LogP contribution in [0.5, 0.6) is 5.75 Å². The van der Waals surface area contributed by atoms with Gasteiger partial charge in [-0.2, -0.15) is 9.78 Å². The molecule has 0 bridgehead atoms. The Bertz CT molecular complexity index is 1570. The van der Waals surface area contributed by atoms with Crippen molar-refractivity contribution in [1.29, 1.82) is 0 Å². The quantitative estimate of drug-likeness (QED) is 0.270. The maximum Gasteiger partial charge on any atom is 0.435 e. The number of rotatable bonds is 7. The van der Waals surface area contributed by atoms with Crippen molar-refractivity contribution in [3.63, 3.8) is 0 Å². The molecule has 0 saturated heterocycles. The Balaban J connectivity index is 1.67. The largest absolute Gasteiger partial charge is 0.490 e. The minimum absolute atomic E-state index is 0.00233. The van der Waals surface area contributed by atoms with E-state index in [0.717, 1.165) is 27.8 Å². The van der Waals surface area contributed by atoms with Crippen LogP contribution < -0.4 is 10.1 Å². The van der Waals surface area contributed by atoms with E-state index < -0.39 is 29.4 Å². The summed E-state index contributed by atoms with van der Waals surface area (Å²) in [6, 6.07) is 16.7. The van der Waals surface area contributed by atoms with Gasteiger partial charge in [0.05, 0.1) is 35.8 Å². The third-order valence-corrected chi connectivity index (χ3v) is 6.04. The summed E-state index contributed by atoms with van der Waals surface area (Å²) in [6.45, 7) is 12.2. The monoisotopic (exact) mass is 574 g/mol. The number of ether oxygens (including phenoxy) is 3. The number of amides is 1. The van der Waals surface area contributed by atoms with Gasteiger partial charge in [0.15, 0.2) is 0 Å². The fraction of sp³-hybridized carbons (Fsp3) is 0.375. The fourth-order valence-corrected chi connectivity index (χ4v) is 4.26. The number of fused-ring (bicyclic) bond motifs is 1. The first kappa shape index (κ1) is 30.5. The van der Waals surface area contributed by atoms with Gasteiger partial charge in [0, 0.05) is 16.5 Å². The Morgan fingerprint density at radius 2 is 1.64 bits per heavy atom. The minimum atomic E-state index is -0.685. The van der Waals surface area contributed by atoms with E-state index >= 15 is 0 Å². The molecule has 2 heterocycles. The van der Waals surface area contributed by atoms with Gasteiger partial charge in [-0.1, -0.05) is 36.4 Å². The number of alkyl carbamates (subject to hydrolysis) is 1. The summed E-state index contributed by atoms with van der Waals surface area (Å²) in [7, 11) is 0. The lowest BCUT2D eigenvalue weighted by Gasteiger charge is -2.23. The highest BCUT2D eigenvalue weighted by atomic mass is 16.6. The Kier molecular flexibility index (Phi) is 8.86. The summed E-state index contributed by atoms with van der Waals surface area (Å²) < 4.78 is 18.1. The van der Waals surface area contributed by atoms with E-state index in [9.17, 15) is 14.7 Å². The molecule has 0 radical (unpaired) electrons. The van der Waals surface area contributed by atoms with Gasteiger partial charge in [-0.05, 0) is 72.2 Å². The van der Waals surface area contributed by atoms with Crippen LogP contribution in [0.1, 0.15) is 47.2 Å². The number of hydrogen-bond acceptors (Lipinski definition) is 8. The molecule has 1 amide bonds. The molecule has 0 aliphatic carbocycles. The van der Waals surface area contributed by atoms with E-state index in [1.165, 1.54) is 4.68 Å². The predicted molar refractivity (Wildman–Crippen MR) is 161 cm³/mol. The molecular formula is C32H38N4O6. The average molecular weight is 575 g/mol. The number of aryl methyl sites for hydroxylation is 1. The Labute approximate surface area is 245 Å². The number of nitrogens with one attached hydrogen (secondary N) is 1. The van der Waals surface area contributed by atoms with Gasteiger partial charge in [0.1, 0.15) is 23.6 Å². The number of aliphatic hydroxyl groups is 1. The van der Waals surface area contributed by atoms with E-state index in [2.05, 4.69) is 10.4 Å². The number of aliphatic hydroxyl groups excluding tert-OH is 1. The van der Waals surface area contributed by atoms with Crippen molar-refractivity contribution >= 4 is 23.1 Å². The second kappa shape index (κ2) is 12.2. The third kappa shape index (κ3) is 7.64. The van der Waals surface area contributed by atoms with Crippen molar-refractivity contribution in [2.45, 2.75) is 65.7 Å². The molecule has 0 saturated carbocycles. The highest BCUT2D eigenvalue weighted by Crippen LogP contribution is 2.35. The zero-order valence-corrected chi connectivity index (χ0v) is 25.1. The summed E-state index contributed by atoms with van der Waals surface area (Å²) in [5.41, 5.74) is 3.29. The van der Waals surface area contributed by atoms with Crippen molar-refractivity contribution in [1.82, 2.24) is 20.1 Å². The first-order valence-corrected chi connectivity index (χ1v) is 13.8. The van der Waals surface area contributed by atoms with E-state index in [1.807, 2.05) is 82.3 Å². The molecule has 2 aromatic heterocycles. The molecule has 0 spiro atoms. The van der Waals surface area contributed by atoms with Crippen LogP contribution in [0.2, 0.25) is 0 Å². The highest BCUT2D eigenvalue weighted by molar-refractivity contribution is 5.94. The maximum atomic E-state index is 12.8. The predicted octanol–water partition coefficient (Wildman–Crippen LogP) is 6.12. The van der Waals surface area contributed by atoms with Crippen LogP contribution in [0.15, 0.2) is 60.8 Å². The zero-order chi connectivity index (χ0) is 30.7. The van der Waals surface area contributed by atoms with Gasteiger partial charge in [-0.15, -0.1) is 0 Å². The Morgan fingerprint density at radius 1 is 0.952 bits per heavy atom. The number of nitrogens with zero attached hydrogens (tertiary/aromatic N) is 3. The summed E-state index contributed by atoms with van der Waals surface area (Å²) in [5, 5.41) is 17.7. The standard InChI is InChI=1S/C32H38N4O6/c1-20-25-15-22(13-14-27(25)36(35-20)30(39)42-32(5,6)7)26-16-24(17-33-28(26)21-11-9-8-10-12-21)40-19-23(18-37)34-29(38)41-31(2,3)4/h8-17,23,37H,18-19H2,1-7H3,(H,34,38)/t23-/m0/s1. The van der Waals surface area contributed by atoms with Crippen LogP contribution in [0.3, 0.4) is 0 Å². The van der Waals surface area contributed by atoms with Crippen LogP contribution >= 0.6 is 0 Å². The van der Waals surface area contributed by atoms with Crippen molar-refractivity contribution < 1.29 is 28.9 Å². The second-order valence-electron chi connectivity index (χ2n) is 12.0. The van der Waals surface area contributed by atoms with Crippen molar-refractivity contribution in [2.75, 3.05) is 13.2 Å². The van der Waals surface area contributed by atoms with Gasteiger partial charge in [0.2, 0.25) is 0 Å². The van der Waals surface area contributed by atoms with Gasteiger partial charge >= 0.3 is 12.2 Å². The van der Waals surface area contributed by atoms with E-state index in [4.69, 9.17) is 19.2 Å². The lowest BCUT2D eigenvalue weighted by atomic mass is 9.98. The lowest BCUT2D eigenvalue weighted by Crippen LogP contribution is -2.44. The first-order valence-electron chi connectivity index (χ1n) is 13.8. The first-order chi connectivity index (χ1) is 19.7. The van der Waals surface area contributed by atoms with Crippen molar-refractivity contribution in [2.24, 2.45) is 0 Å². The molecule has 0 fully saturated rings. The molecule has 2 N–H and O–H groups in total. The number of hydrogen-bond donors (Lipinski definition) is 2. The number of benzene rings is 2. The molecule has 10 heteroatoms. The Morgan fingerprint density at radius 3 is 2.29 bits per heavy atom. The van der Waals surface area contributed by atoms with Crippen LogP contribution in [-0.2, 0) is 9.47 Å². The number of pyridine rings is 1. The zero-order valence-electron chi connectivity index (χ0n) is 25.1. The number of carbonyl (C=O) groups excluding carboxylic acids is 2. The van der Waals surface area contributed by atoms with Crippen LogP contribution in [0, 0.1) is 6.92 Å². The summed E-state index contributed by atoms with van der Waals surface area (Å²) >= 11 is 0. The SMILES string of the molecule is Cc1nn(C(=O)OC(C)(C)C)c2ccc(-c3cc(OC[C@H](CO)NC(=O)OC(C)(C)C)cnc3-c3ccccc3)cc12. The molecule has 222 valence electrons. The number of carbonyl (C=O) groups is 2. The smallest absolute Gasteiger partial charge is 0.435 e. The maximum absolute atomic E-state index is 12.8. The lowest BCUT2D eigenvalue weighted by molar-refractivity contribution is 0.0456. The minimum Gasteiger partial charge on any atom is -0.490 e. The molecule has 1 atom stereocenters. The van der Waals surface area contributed by atoms with E-state index in [1.54, 1.807) is 27.0 Å². The summed E-state index contributed by atoms with van der Waals surface area (Å²) in [4.78, 5) is 29.7. The molecule has 10 nitrogen and oxygen atoms in total. The molecule has 42 heavy (non-hydrogen) atoms. The topological polar surface area (TPSA) is 125 Å². The van der Waals surface area contributed by atoms with Crippen LogP contribution in [0.4, 0.5) is 9.59 Å². The normalized spacial score (nSPS) is 12.6. The van der Waals surface area contributed by atoms with Gasteiger partial charge in [0.25, 0.3) is 0 Å². The third-order valence-electron chi connectivity index (χ3n) is 6.04. The van der Waals surface area contributed by atoms with E-state index in [0.29, 0.717) is 17.0 Å². The van der Waals surface area contributed by atoms with Crippen molar-refractivity contribution in [3.8, 4) is 28.1 Å². The fourth-order valence-electron chi connectivity index (χ4n) is 4.26. The van der Waals surface area contributed by atoms with Crippen LogP contribution in [0.25, 0.3) is 33.3 Å². The molecule has 0 aliphatic rings. The molecular weight excluding hydrogens is 536 g/mol. The molecule has 4 rings (SSSR count).